The zero-order chi connectivity index (χ0) is 11.3. The Bertz CT molecular complexity index is 397. The first kappa shape index (κ1) is 12.2. The molecule has 1 aromatic heterocycles. The molecular formula is C9H16N2O3S. The molecule has 0 aliphatic heterocycles. The summed E-state index contributed by atoms with van der Waals surface area (Å²) in [5.74, 6) is 0.707. The van der Waals surface area contributed by atoms with E-state index in [0.717, 1.165) is 6.42 Å². The average Bonchev–Trinajstić information content (AvgIpc) is 2.59. The van der Waals surface area contributed by atoms with Gasteiger partial charge >= 0.3 is 0 Å². The third-order valence-electron chi connectivity index (χ3n) is 1.91. The average molecular weight is 232 g/mol. The van der Waals surface area contributed by atoms with Crippen LogP contribution in [0.2, 0.25) is 0 Å². The van der Waals surface area contributed by atoms with Gasteiger partial charge in [0.15, 0.2) is 5.89 Å². The van der Waals surface area contributed by atoms with Crippen LogP contribution in [-0.4, -0.2) is 19.2 Å². The fraction of sp³-hybridized carbons (Fsp3) is 0.667. The highest BCUT2D eigenvalue weighted by atomic mass is 32.2. The van der Waals surface area contributed by atoms with E-state index in [0.29, 0.717) is 18.0 Å². The quantitative estimate of drug-likeness (QED) is 0.800. The van der Waals surface area contributed by atoms with Crippen LogP contribution < -0.4 is 4.72 Å². The maximum absolute atomic E-state index is 11.4. The number of sulfonamides is 1. The molecule has 5 nitrogen and oxygen atoms in total. The number of nitrogens with zero attached hydrogens (tertiary/aromatic N) is 1. The molecule has 0 aliphatic carbocycles. The lowest BCUT2D eigenvalue weighted by atomic mass is 10.4. The molecule has 15 heavy (non-hydrogen) atoms. The van der Waals surface area contributed by atoms with Crippen LogP contribution in [0.3, 0.4) is 0 Å². The highest BCUT2D eigenvalue weighted by Gasteiger charge is 2.10. The first-order valence-electron chi connectivity index (χ1n) is 4.92. The van der Waals surface area contributed by atoms with Crippen molar-refractivity contribution in [1.29, 1.82) is 0 Å². The molecule has 0 amide bonds. The summed E-state index contributed by atoms with van der Waals surface area (Å²) in [5.41, 5.74) is 0.604. The van der Waals surface area contributed by atoms with Gasteiger partial charge in [0, 0.05) is 6.92 Å². The first-order valence-corrected chi connectivity index (χ1v) is 6.57. The number of hydrogen-bond donors (Lipinski definition) is 1. The van der Waals surface area contributed by atoms with Gasteiger partial charge in [0.1, 0.15) is 6.26 Å². The SMILES string of the molecule is CCCCS(=O)(=O)NCc1coc(C)n1. The van der Waals surface area contributed by atoms with Gasteiger partial charge < -0.3 is 4.42 Å². The van der Waals surface area contributed by atoms with E-state index < -0.39 is 10.0 Å². The summed E-state index contributed by atoms with van der Waals surface area (Å²) >= 11 is 0. The van der Waals surface area contributed by atoms with Crippen LogP contribution in [0.1, 0.15) is 31.4 Å². The van der Waals surface area contributed by atoms with Crippen molar-refractivity contribution in [1.82, 2.24) is 9.71 Å². The van der Waals surface area contributed by atoms with E-state index in [1.165, 1.54) is 6.26 Å². The Hall–Kier alpha value is -0.880. The number of nitrogens with one attached hydrogen (secondary N) is 1. The molecule has 86 valence electrons. The van der Waals surface area contributed by atoms with Gasteiger partial charge in [-0.25, -0.2) is 18.1 Å². The van der Waals surface area contributed by atoms with E-state index in [9.17, 15) is 8.42 Å². The third-order valence-corrected chi connectivity index (χ3v) is 3.32. The van der Waals surface area contributed by atoms with E-state index in [4.69, 9.17) is 4.42 Å². The Balaban J connectivity index is 2.42. The lowest BCUT2D eigenvalue weighted by Crippen LogP contribution is -2.26. The Labute approximate surface area is 89.9 Å². The molecule has 1 heterocycles. The minimum atomic E-state index is -3.16. The standard InChI is InChI=1S/C9H16N2O3S/c1-3-4-5-15(12,13)10-6-9-7-14-8(2)11-9/h7,10H,3-6H2,1-2H3. The summed E-state index contributed by atoms with van der Waals surface area (Å²) < 4.78 is 30.2. The van der Waals surface area contributed by atoms with E-state index in [1.807, 2.05) is 6.92 Å². The van der Waals surface area contributed by atoms with Crippen molar-refractivity contribution in [2.45, 2.75) is 33.2 Å². The largest absolute Gasteiger partial charge is 0.449 e. The number of aryl methyl sites for hydroxylation is 1. The topological polar surface area (TPSA) is 72.2 Å². The first-order chi connectivity index (χ1) is 7.03. The number of oxazole rings is 1. The van der Waals surface area contributed by atoms with Crippen LogP contribution >= 0.6 is 0 Å². The van der Waals surface area contributed by atoms with Crippen LogP contribution in [0.4, 0.5) is 0 Å². The van der Waals surface area contributed by atoms with Crippen LogP contribution in [-0.2, 0) is 16.6 Å². The summed E-state index contributed by atoms with van der Waals surface area (Å²) in [6.07, 6.45) is 2.99. The summed E-state index contributed by atoms with van der Waals surface area (Å²) in [5, 5.41) is 0. The van der Waals surface area contributed by atoms with Crippen LogP contribution in [0, 0.1) is 6.92 Å². The van der Waals surface area contributed by atoms with Gasteiger partial charge in [-0.15, -0.1) is 0 Å². The minimum absolute atomic E-state index is 0.167. The maximum atomic E-state index is 11.4. The van der Waals surface area contributed by atoms with Crippen molar-refractivity contribution in [2.24, 2.45) is 0 Å². The molecule has 0 radical (unpaired) electrons. The van der Waals surface area contributed by atoms with Crippen molar-refractivity contribution in [3.8, 4) is 0 Å². The smallest absolute Gasteiger partial charge is 0.211 e. The van der Waals surface area contributed by atoms with Crippen molar-refractivity contribution >= 4 is 10.0 Å². The van der Waals surface area contributed by atoms with Gasteiger partial charge in [-0.3, -0.25) is 0 Å². The van der Waals surface area contributed by atoms with E-state index in [2.05, 4.69) is 9.71 Å². The molecular weight excluding hydrogens is 216 g/mol. The molecule has 6 heteroatoms. The molecule has 0 aromatic carbocycles. The van der Waals surface area contributed by atoms with Gasteiger partial charge in [-0.05, 0) is 6.42 Å². The zero-order valence-corrected chi connectivity index (χ0v) is 9.80. The van der Waals surface area contributed by atoms with Crippen molar-refractivity contribution in [2.75, 3.05) is 5.75 Å². The minimum Gasteiger partial charge on any atom is -0.449 e. The molecule has 0 saturated heterocycles. The predicted molar refractivity (Wildman–Crippen MR) is 56.8 cm³/mol. The van der Waals surface area contributed by atoms with Crippen molar-refractivity contribution in [3.05, 3.63) is 17.8 Å². The zero-order valence-electron chi connectivity index (χ0n) is 8.99. The molecule has 1 aromatic rings. The Morgan fingerprint density at radius 2 is 2.27 bits per heavy atom. The number of rotatable bonds is 6. The molecule has 0 atom stereocenters. The number of hydrogen-bond acceptors (Lipinski definition) is 4. The lowest BCUT2D eigenvalue weighted by molar-refractivity contribution is 0.520. The third kappa shape index (κ3) is 4.44. The fourth-order valence-corrected chi connectivity index (χ4v) is 2.26. The van der Waals surface area contributed by atoms with Gasteiger partial charge in [0.25, 0.3) is 0 Å². The second-order valence-corrected chi connectivity index (χ2v) is 5.28. The summed E-state index contributed by atoms with van der Waals surface area (Å²) in [7, 11) is -3.16. The van der Waals surface area contributed by atoms with Crippen molar-refractivity contribution in [3.63, 3.8) is 0 Å². The monoisotopic (exact) mass is 232 g/mol. The Morgan fingerprint density at radius 3 is 2.80 bits per heavy atom. The van der Waals surface area contributed by atoms with E-state index >= 15 is 0 Å². The maximum Gasteiger partial charge on any atom is 0.211 e. The second-order valence-electron chi connectivity index (χ2n) is 3.35. The van der Waals surface area contributed by atoms with Gasteiger partial charge in [0.05, 0.1) is 18.0 Å². The van der Waals surface area contributed by atoms with Crippen LogP contribution in [0.15, 0.2) is 10.7 Å². The number of aromatic nitrogens is 1. The second kappa shape index (κ2) is 5.27. The fourth-order valence-electron chi connectivity index (χ4n) is 1.08. The molecule has 0 unspecified atom stereocenters. The molecule has 1 N–H and O–H groups in total. The summed E-state index contributed by atoms with van der Waals surface area (Å²) in [4.78, 5) is 4.00. The normalized spacial score (nSPS) is 11.9. The Morgan fingerprint density at radius 1 is 1.53 bits per heavy atom. The molecule has 0 saturated carbocycles. The highest BCUT2D eigenvalue weighted by molar-refractivity contribution is 7.89. The summed E-state index contributed by atoms with van der Waals surface area (Å²) in [6.45, 7) is 3.87. The van der Waals surface area contributed by atoms with Gasteiger partial charge in [-0.2, -0.15) is 0 Å². The van der Waals surface area contributed by atoms with Crippen molar-refractivity contribution < 1.29 is 12.8 Å². The Kier molecular flexibility index (Phi) is 4.28. The lowest BCUT2D eigenvalue weighted by Gasteiger charge is -2.03. The summed E-state index contributed by atoms with van der Waals surface area (Å²) in [6, 6.07) is 0. The molecule has 1 rings (SSSR count). The van der Waals surface area contributed by atoms with E-state index in [1.54, 1.807) is 6.92 Å². The highest BCUT2D eigenvalue weighted by Crippen LogP contribution is 2.01. The molecule has 0 aliphatic rings. The molecule has 0 fully saturated rings. The predicted octanol–water partition coefficient (Wildman–Crippen LogP) is 1.20. The molecule has 0 bridgehead atoms. The van der Waals surface area contributed by atoms with Crippen LogP contribution in [0.5, 0.6) is 0 Å². The van der Waals surface area contributed by atoms with Crippen LogP contribution in [0.25, 0.3) is 0 Å². The molecule has 0 spiro atoms. The number of unbranched alkanes of at least 4 members (excludes halogenated alkanes) is 1. The van der Waals surface area contributed by atoms with E-state index in [-0.39, 0.29) is 12.3 Å². The van der Waals surface area contributed by atoms with Gasteiger partial charge in [0.2, 0.25) is 10.0 Å². The van der Waals surface area contributed by atoms with Gasteiger partial charge in [-0.1, -0.05) is 13.3 Å².